The molecule has 0 radical (unpaired) electrons. The van der Waals surface area contributed by atoms with Gasteiger partial charge < -0.3 is 20.5 Å². The van der Waals surface area contributed by atoms with Crippen LogP contribution in [0.4, 0.5) is 20.4 Å². The van der Waals surface area contributed by atoms with Crippen LogP contribution in [0, 0.1) is 17.6 Å². The van der Waals surface area contributed by atoms with E-state index in [0.29, 0.717) is 62.3 Å². The number of aromatic nitrogens is 4. The molecule has 1 saturated heterocycles. The molecule has 1 amide bonds. The third-order valence-electron chi connectivity index (χ3n) is 6.35. The van der Waals surface area contributed by atoms with Gasteiger partial charge in [-0.15, -0.1) is 0 Å². The Morgan fingerprint density at radius 1 is 1.16 bits per heavy atom. The second-order valence-electron chi connectivity index (χ2n) is 9.26. The smallest absolute Gasteiger partial charge is 0.225 e. The number of rotatable bonds is 7. The van der Waals surface area contributed by atoms with Crippen LogP contribution in [0.25, 0.3) is 22.6 Å². The lowest BCUT2D eigenvalue weighted by Gasteiger charge is -2.24. The number of hydrogen-bond donors (Lipinski definition) is 3. The summed E-state index contributed by atoms with van der Waals surface area (Å²) in [5.74, 6) is -0.854. The number of benzene rings is 2. The minimum atomic E-state index is -0.914. The summed E-state index contributed by atoms with van der Waals surface area (Å²) < 4.78 is 28.9. The highest BCUT2D eigenvalue weighted by Crippen LogP contribution is 2.38. The summed E-state index contributed by atoms with van der Waals surface area (Å²) >= 11 is 13.3. The molecule has 1 fully saturated rings. The number of carbonyl (C=O) groups excluding carboxylic acids is 1. The number of nitrogens with one attached hydrogen (secondary N) is 3. The highest BCUT2D eigenvalue weighted by molar-refractivity contribution is 6.39. The first-order valence-electron chi connectivity index (χ1n) is 12.2. The largest absolute Gasteiger partial charge is 0.350 e. The van der Waals surface area contributed by atoms with Crippen LogP contribution in [0.5, 0.6) is 0 Å². The van der Waals surface area contributed by atoms with Crippen LogP contribution in [-0.4, -0.2) is 38.5 Å². The van der Waals surface area contributed by atoms with E-state index in [1.165, 1.54) is 13.0 Å². The molecule has 3 N–H and O–H groups in total. The molecule has 198 valence electrons. The average molecular weight is 560 g/mol. The number of halogens is 4. The molecule has 1 aliphatic heterocycles. The van der Waals surface area contributed by atoms with E-state index in [9.17, 15) is 13.6 Å². The molecule has 5 rings (SSSR count). The van der Waals surface area contributed by atoms with E-state index < -0.39 is 11.6 Å². The first kappa shape index (κ1) is 26.3. The lowest BCUT2D eigenvalue weighted by molar-refractivity contribution is -0.114. The Morgan fingerprint density at radius 2 is 1.95 bits per heavy atom. The summed E-state index contributed by atoms with van der Waals surface area (Å²) in [7, 11) is 0. The molecule has 38 heavy (non-hydrogen) atoms. The molecule has 4 aromatic rings. The molecular weight excluding hydrogens is 535 g/mol. The Bertz CT molecular complexity index is 1480. The fraction of sp³-hybridized carbons (Fsp3) is 0.308. The summed E-state index contributed by atoms with van der Waals surface area (Å²) in [6.07, 6.45) is 3.71. The summed E-state index contributed by atoms with van der Waals surface area (Å²) in [6, 6.07) is 6.98. The van der Waals surface area contributed by atoms with Gasteiger partial charge in [-0.05, 0) is 61.7 Å². The zero-order chi connectivity index (χ0) is 26.8. The van der Waals surface area contributed by atoms with Crippen molar-refractivity contribution >= 4 is 51.9 Å². The van der Waals surface area contributed by atoms with Crippen LogP contribution >= 0.6 is 23.2 Å². The van der Waals surface area contributed by atoms with Gasteiger partial charge in [0.1, 0.15) is 11.3 Å². The SMILES string of the molecule is CC(=O)Nc1cc(Cl)c(-c2nc3cnc(NCc4ccc(F)c(F)c4)nc3n2CC2CCCNC2)c(Cl)c1. The molecule has 2 aromatic heterocycles. The topological polar surface area (TPSA) is 96.8 Å². The minimum Gasteiger partial charge on any atom is -0.350 e. The first-order valence-corrected chi connectivity index (χ1v) is 12.9. The van der Waals surface area contributed by atoms with Crippen molar-refractivity contribution in [3.8, 4) is 11.4 Å². The summed E-state index contributed by atoms with van der Waals surface area (Å²) in [6.45, 7) is 4.08. The van der Waals surface area contributed by atoms with Crippen LogP contribution in [-0.2, 0) is 17.9 Å². The molecule has 12 heteroatoms. The van der Waals surface area contributed by atoms with Crippen LogP contribution in [0.15, 0.2) is 36.5 Å². The van der Waals surface area contributed by atoms with Gasteiger partial charge in [0.15, 0.2) is 17.3 Å². The third-order valence-corrected chi connectivity index (χ3v) is 6.94. The highest BCUT2D eigenvalue weighted by atomic mass is 35.5. The van der Waals surface area contributed by atoms with Crippen molar-refractivity contribution in [1.82, 2.24) is 24.8 Å². The number of fused-ring (bicyclic) bond motifs is 1. The van der Waals surface area contributed by atoms with Crippen LogP contribution in [0.2, 0.25) is 10.0 Å². The molecule has 1 aliphatic rings. The van der Waals surface area contributed by atoms with E-state index in [1.807, 2.05) is 4.57 Å². The highest BCUT2D eigenvalue weighted by Gasteiger charge is 2.24. The van der Waals surface area contributed by atoms with E-state index in [2.05, 4.69) is 20.9 Å². The van der Waals surface area contributed by atoms with Crippen LogP contribution in [0.1, 0.15) is 25.3 Å². The van der Waals surface area contributed by atoms with E-state index in [0.717, 1.165) is 38.1 Å². The summed E-state index contributed by atoms with van der Waals surface area (Å²) in [4.78, 5) is 25.4. The monoisotopic (exact) mass is 559 g/mol. The van der Waals surface area contributed by atoms with Gasteiger partial charge in [0, 0.05) is 25.7 Å². The Hall–Kier alpha value is -3.34. The lowest BCUT2D eigenvalue weighted by Crippen LogP contribution is -2.32. The Morgan fingerprint density at radius 3 is 2.63 bits per heavy atom. The molecule has 1 atom stereocenters. The van der Waals surface area contributed by atoms with Crippen molar-refractivity contribution in [2.75, 3.05) is 23.7 Å². The van der Waals surface area contributed by atoms with Gasteiger partial charge in [0.2, 0.25) is 11.9 Å². The average Bonchev–Trinajstić information content (AvgIpc) is 3.21. The first-order chi connectivity index (χ1) is 18.3. The normalized spacial score (nSPS) is 15.6. The van der Waals surface area contributed by atoms with Crippen LogP contribution < -0.4 is 16.0 Å². The van der Waals surface area contributed by atoms with Crippen molar-refractivity contribution in [2.24, 2.45) is 5.92 Å². The molecule has 0 bridgehead atoms. The van der Waals surface area contributed by atoms with Crippen molar-refractivity contribution < 1.29 is 13.6 Å². The fourth-order valence-corrected chi connectivity index (χ4v) is 5.25. The molecule has 3 heterocycles. The molecule has 8 nitrogen and oxygen atoms in total. The fourth-order valence-electron chi connectivity index (χ4n) is 4.60. The molecule has 2 aromatic carbocycles. The van der Waals surface area contributed by atoms with Crippen molar-refractivity contribution in [1.29, 1.82) is 0 Å². The molecular formula is C26H25Cl2F2N7O. The van der Waals surface area contributed by atoms with Crippen molar-refractivity contribution in [3.63, 3.8) is 0 Å². The second kappa shape index (κ2) is 11.2. The molecule has 1 unspecified atom stereocenters. The number of piperidine rings is 1. The lowest BCUT2D eigenvalue weighted by atomic mass is 9.99. The van der Waals surface area contributed by atoms with E-state index in [1.54, 1.807) is 18.3 Å². The minimum absolute atomic E-state index is 0.207. The van der Waals surface area contributed by atoms with Crippen molar-refractivity contribution in [2.45, 2.75) is 32.9 Å². The quantitative estimate of drug-likeness (QED) is 0.271. The number of hydrogen-bond acceptors (Lipinski definition) is 6. The molecule has 0 saturated carbocycles. The van der Waals surface area contributed by atoms with Gasteiger partial charge in [-0.3, -0.25) is 4.79 Å². The zero-order valence-electron chi connectivity index (χ0n) is 20.5. The van der Waals surface area contributed by atoms with Gasteiger partial charge in [0.25, 0.3) is 0 Å². The zero-order valence-corrected chi connectivity index (χ0v) is 22.0. The summed E-state index contributed by atoms with van der Waals surface area (Å²) in [5.41, 5.74) is 2.71. The molecule has 0 aliphatic carbocycles. The van der Waals surface area contributed by atoms with Gasteiger partial charge in [-0.25, -0.2) is 18.7 Å². The maximum Gasteiger partial charge on any atom is 0.225 e. The van der Waals surface area contributed by atoms with Crippen LogP contribution in [0.3, 0.4) is 0 Å². The number of nitrogens with zero attached hydrogens (tertiary/aromatic N) is 4. The number of imidazole rings is 1. The Labute approximate surface area is 227 Å². The van der Waals surface area contributed by atoms with Crippen molar-refractivity contribution in [3.05, 3.63) is 63.8 Å². The predicted octanol–water partition coefficient (Wildman–Crippen LogP) is 5.65. The predicted molar refractivity (Wildman–Crippen MR) is 144 cm³/mol. The standard InChI is InChI=1S/C26H25Cl2F2N7O/c1-14(38)34-17-8-18(27)23(19(28)9-17)25-35-22-12-33-26(32-11-15-4-5-20(29)21(30)7-15)36-24(22)37(25)13-16-3-2-6-31-10-16/h4-5,7-9,12,16,31H,2-3,6,10-11,13H2,1H3,(H,34,38)(H,32,33,36). The van der Waals surface area contributed by atoms with Gasteiger partial charge in [-0.1, -0.05) is 29.3 Å². The Kier molecular flexibility index (Phi) is 7.73. The van der Waals surface area contributed by atoms with Gasteiger partial charge in [-0.2, -0.15) is 4.98 Å². The number of carbonyl (C=O) groups is 1. The third kappa shape index (κ3) is 5.72. The van der Waals surface area contributed by atoms with E-state index in [4.69, 9.17) is 33.2 Å². The maximum atomic E-state index is 13.6. The van der Waals surface area contributed by atoms with Gasteiger partial charge >= 0.3 is 0 Å². The number of anilines is 2. The van der Waals surface area contributed by atoms with Gasteiger partial charge in [0.05, 0.1) is 21.8 Å². The van der Waals surface area contributed by atoms with E-state index in [-0.39, 0.29) is 12.5 Å². The second-order valence-corrected chi connectivity index (χ2v) is 10.1. The van der Waals surface area contributed by atoms with E-state index >= 15 is 0 Å². The molecule has 0 spiro atoms. The number of amides is 1. The summed E-state index contributed by atoms with van der Waals surface area (Å²) in [5, 5.41) is 9.87. The Balaban J connectivity index is 1.53. The maximum absolute atomic E-state index is 13.6.